The molecule has 2 saturated heterocycles. The average molecular weight is 732 g/mol. The van der Waals surface area contributed by atoms with Crippen molar-refractivity contribution in [2.24, 2.45) is 0 Å². The number of halogens is 5. The van der Waals surface area contributed by atoms with Gasteiger partial charge in [-0.05, 0) is 53.7 Å². The van der Waals surface area contributed by atoms with Gasteiger partial charge < -0.3 is 10.0 Å². The molecule has 0 radical (unpaired) electrons. The highest BCUT2D eigenvalue weighted by Gasteiger charge is 2.46. The number of rotatable bonds is 9. The van der Waals surface area contributed by atoms with Crippen molar-refractivity contribution >= 4 is 58.1 Å². The lowest BCUT2D eigenvalue weighted by atomic mass is 9.92. The minimum absolute atomic E-state index is 0.0454. The molecule has 16 heteroatoms. The van der Waals surface area contributed by atoms with E-state index in [1.165, 1.54) is 76.8 Å². The molecule has 49 heavy (non-hydrogen) atoms. The molecule has 2 unspecified atom stereocenters. The van der Waals surface area contributed by atoms with Crippen molar-refractivity contribution in [3.63, 3.8) is 0 Å². The third kappa shape index (κ3) is 7.53. The minimum atomic E-state index is -1.85. The monoisotopic (exact) mass is 730 g/mol. The predicted octanol–water partition coefficient (Wildman–Crippen LogP) is 5.51. The number of β-amino-alcohol motifs (C(OH)–C–C–N with tert-alkyl or cyclic N) is 1. The summed E-state index contributed by atoms with van der Waals surface area (Å²) in [7, 11) is 0. The zero-order valence-corrected chi connectivity index (χ0v) is 27.8. The second-order valence-corrected chi connectivity index (χ2v) is 13.4. The SMILES string of the molecule is O=C(C(c1ccc(Cl)cc1Cl)N1C(=O)SC(=Cc2ccc(F)cc2)C1=O)N1CCN(CC(O)(Cn2cncn2)c2ccc(F)cc2F)CC1. The van der Waals surface area contributed by atoms with Crippen LogP contribution in [0.3, 0.4) is 0 Å². The van der Waals surface area contributed by atoms with E-state index in [0.29, 0.717) is 23.4 Å². The number of imide groups is 1. The number of aromatic nitrogens is 3. The Labute approximate surface area is 292 Å². The van der Waals surface area contributed by atoms with Crippen LogP contribution in [0.2, 0.25) is 10.0 Å². The average Bonchev–Trinajstić information content (AvgIpc) is 3.66. The zero-order valence-electron chi connectivity index (χ0n) is 25.5. The first-order chi connectivity index (χ1) is 23.4. The molecule has 3 heterocycles. The van der Waals surface area contributed by atoms with E-state index in [-0.39, 0.29) is 65.3 Å². The Balaban J connectivity index is 1.24. The van der Waals surface area contributed by atoms with Crippen LogP contribution in [0.15, 0.2) is 78.2 Å². The van der Waals surface area contributed by atoms with E-state index in [4.69, 9.17) is 23.2 Å². The van der Waals surface area contributed by atoms with Crippen molar-refractivity contribution in [2.45, 2.75) is 18.2 Å². The first-order valence-electron chi connectivity index (χ1n) is 14.9. The van der Waals surface area contributed by atoms with E-state index < -0.39 is 46.1 Å². The van der Waals surface area contributed by atoms with Crippen LogP contribution in [0.5, 0.6) is 0 Å². The van der Waals surface area contributed by atoms with Gasteiger partial charge in [-0.2, -0.15) is 5.10 Å². The van der Waals surface area contributed by atoms with Crippen LogP contribution < -0.4 is 0 Å². The molecule has 2 fully saturated rings. The summed E-state index contributed by atoms with van der Waals surface area (Å²) in [5, 5.41) is 15.5. The van der Waals surface area contributed by atoms with Crippen LogP contribution in [-0.4, -0.2) is 84.3 Å². The van der Waals surface area contributed by atoms with Gasteiger partial charge in [-0.15, -0.1) is 0 Å². The molecular weight excluding hydrogens is 704 g/mol. The van der Waals surface area contributed by atoms with E-state index in [1.807, 2.05) is 4.90 Å². The molecule has 1 aromatic heterocycles. The maximum Gasteiger partial charge on any atom is 0.294 e. The van der Waals surface area contributed by atoms with Gasteiger partial charge in [-0.3, -0.25) is 24.2 Å². The number of nitrogens with zero attached hydrogens (tertiary/aromatic N) is 6. The smallest absolute Gasteiger partial charge is 0.294 e. The lowest BCUT2D eigenvalue weighted by Gasteiger charge is -2.41. The largest absolute Gasteiger partial charge is 0.382 e. The third-order valence-corrected chi connectivity index (χ3v) is 9.68. The molecule has 0 spiro atoms. The van der Waals surface area contributed by atoms with Crippen LogP contribution in [0, 0.1) is 17.5 Å². The molecule has 1 N–H and O–H groups in total. The molecule has 2 aliphatic heterocycles. The second-order valence-electron chi connectivity index (χ2n) is 11.5. The van der Waals surface area contributed by atoms with Crippen LogP contribution in [0.4, 0.5) is 18.0 Å². The van der Waals surface area contributed by atoms with Gasteiger partial charge in [0, 0.05) is 60.0 Å². The zero-order chi connectivity index (χ0) is 34.9. The Kier molecular flexibility index (Phi) is 10.1. The summed E-state index contributed by atoms with van der Waals surface area (Å²) in [4.78, 5) is 49.4. The van der Waals surface area contributed by atoms with E-state index >= 15 is 0 Å². The summed E-state index contributed by atoms with van der Waals surface area (Å²) in [5.41, 5.74) is -1.30. The van der Waals surface area contributed by atoms with Crippen LogP contribution >= 0.6 is 35.0 Å². The quantitative estimate of drug-likeness (QED) is 0.225. The number of hydrogen-bond donors (Lipinski definition) is 1. The summed E-state index contributed by atoms with van der Waals surface area (Å²) in [6.07, 6.45) is 4.08. The van der Waals surface area contributed by atoms with Crippen molar-refractivity contribution in [1.29, 1.82) is 0 Å². The molecule has 0 bridgehead atoms. The van der Waals surface area contributed by atoms with Crippen molar-refractivity contribution in [2.75, 3.05) is 32.7 Å². The lowest BCUT2D eigenvalue weighted by molar-refractivity contribution is -0.142. The fourth-order valence-electron chi connectivity index (χ4n) is 5.86. The van der Waals surface area contributed by atoms with Gasteiger partial charge in [0.05, 0.1) is 11.4 Å². The number of amides is 3. The summed E-state index contributed by atoms with van der Waals surface area (Å²) in [5.74, 6) is -3.47. The molecule has 3 aromatic carbocycles. The molecule has 254 valence electrons. The molecular formula is C33H27Cl2F3N6O4S. The number of piperazine rings is 1. The topological polar surface area (TPSA) is 112 Å². The molecule has 0 aliphatic carbocycles. The molecule has 0 saturated carbocycles. The van der Waals surface area contributed by atoms with Crippen molar-refractivity contribution in [3.05, 3.63) is 122 Å². The van der Waals surface area contributed by atoms with Gasteiger partial charge in [-0.1, -0.05) is 47.5 Å². The second kappa shape index (κ2) is 14.3. The fraction of sp³-hybridized carbons (Fsp3) is 0.242. The highest BCUT2D eigenvalue weighted by Crippen LogP contribution is 2.41. The molecule has 6 rings (SSSR count). The van der Waals surface area contributed by atoms with E-state index in [2.05, 4.69) is 10.1 Å². The molecule has 3 amide bonds. The molecule has 2 atom stereocenters. The van der Waals surface area contributed by atoms with Gasteiger partial charge in [0.2, 0.25) is 0 Å². The third-order valence-electron chi connectivity index (χ3n) is 8.23. The van der Waals surface area contributed by atoms with Gasteiger partial charge in [-0.25, -0.2) is 22.8 Å². The van der Waals surface area contributed by atoms with Crippen molar-refractivity contribution in [1.82, 2.24) is 29.5 Å². The number of carbonyl (C=O) groups is 3. The standard InChI is InChI=1S/C33H27Cl2F3N6O4S/c34-21-3-7-24(26(35)14-21)29(44-30(45)28(49-32(44)47)13-20-1-4-22(36)5-2-20)31(46)42-11-9-41(10-12-42)16-33(48,17-43-19-39-18-40-43)25-8-6-23(37)15-27(25)38/h1-8,13-15,18-19,29,48H,9-12,16-17H2. The van der Waals surface area contributed by atoms with Gasteiger partial charge in [0.25, 0.3) is 17.1 Å². The maximum absolute atomic E-state index is 15.0. The number of benzene rings is 3. The fourth-order valence-corrected chi connectivity index (χ4v) is 7.22. The number of hydrogen-bond acceptors (Lipinski definition) is 8. The Morgan fingerprint density at radius 1 is 0.959 bits per heavy atom. The first kappa shape index (κ1) is 34.6. The van der Waals surface area contributed by atoms with Crippen molar-refractivity contribution in [3.8, 4) is 0 Å². The highest BCUT2D eigenvalue weighted by molar-refractivity contribution is 8.18. The van der Waals surface area contributed by atoms with Crippen LogP contribution in [-0.2, 0) is 21.7 Å². The Hall–Kier alpha value is -4.21. The number of thioether (sulfide) groups is 1. The summed E-state index contributed by atoms with van der Waals surface area (Å²) >= 11 is 13.3. The van der Waals surface area contributed by atoms with Crippen LogP contribution in [0.25, 0.3) is 6.08 Å². The maximum atomic E-state index is 15.0. The van der Waals surface area contributed by atoms with Crippen molar-refractivity contribution < 1.29 is 32.7 Å². The predicted molar refractivity (Wildman–Crippen MR) is 177 cm³/mol. The normalized spacial score (nSPS) is 18.3. The Bertz CT molecular complexity index is 1930. The Morgan fingerprint density at radius 3 is 2.33 bits per heavy atom. The van der Waals surface area contributed by atoms with E-state index in [1.54, 1.807) is 0 Å². The van der Waals surface area contributed by atoms with Gasteiger partial charge in [0.1, 0.15) is 41.7 Å². The molecule has 2 aliphatic rings. The van der Waals surface area contributed by atoms with Crippen LogP contribution in [0.1, 0.15) is 22.7 Å². The molecule has 10 nitrogen and oxygen atoms in total. The summed E-state index contributed by atoms with van der Waals surface area (Å²) in [6.45, 7) is 0.405. The van der Waals surface area contributed by atoms with E-state index in [0.717, 1.165) is 11.0 Å². The van der Waals surface area contributed by atoms with Gasteiger partial charge in [0.15, 0.2) is 0 Å². The summed E-state index contributed by atoms with van der Waals surface area (Å²) < 4.78 is 43.5. The number of carbonyl (C=O) groups excluding carboxylic acids is 3. The number of aliphatic hydroxyl groups is 1. The summed E-state index contributed by atoms with van der Waals surface area (Å²) in [6, 6.07) is 11.3. The molecule has 4 aromatic rings. The van der Waals surface area contributed by atoms with Gasteiger partial charge >= 0.3 is 0 Å². The lowest BCUT2D eigenvalue weighted by Crippen LogP contribution is -2.55. The minimum Gasteiger partial charge on any atom is -0.382 e. The highest BCUT2D eigenvalue weighted by atomic mass is 35.5. The van der Waals surface area contributed by atoms with E-state index in [9.17, 15) is 32.7 Å². The first-order valence-corrected chi connectivity index (χ1v) is 16.5. The Morgan fingerprint density at radius 2 is 1.67 bits per heavy atom.